The first-order chi connectivity index (χ1) is 18.7. The third-order valence-corrected chi connectivity index (χ3v) is 6.75. The Morgan fingerprint density at radius 2 is 1.57 bits per heavy atom. The van der Waals surface area contributed by atoms with Gasteiger partial charge in [0.15, 0.2) is 0 Å². The van der Waals surface area contributed by atoms with Crippen molar-refractivity contribution in [2.24, 2.45) is 17.8 Å². The van der Waals surface area contributed by atoms with Gasteiger partial charge in [-0.05, 0) is 69.6 Å². The molecule has 1 aliphatic rings. The summed E-state index contributed by atoms with van der Waals surface area (Å²) in [5, 5.41) is 8.58. The fourth-order valence-electron chi connectivity index (χ4n) is 4.57. The number of benzene rings is 1. The van der Waals surface area contributed by atoms with Gasteiger partial charge in [-0.15, -0.1) is 0 Å². The van der Waals surface area contributed by atoms with Gasteiger partial charge in [-0.2, -0.15) is 0 Å². The monoisotopic (exact) mass is 560 g/mol. The van der Waals surface area contributed by atoms with Crippen LogP contribution in [0, 0.1) is 17.8 Å². The van der Waals surface area contributed by atoms with Crippen LogP contribution in [0.1, 0.15) is 73.3 Å². The Labute approximate surface area is 238 Å². The van der Waals surface area contributed by atoms with E-state index in [2.05, 4.69) is 16.0 Å². The molecule has 10 nitrogen and oxygen atoms in total. The predicted octanol–water partition coefficient (Wildman–Crippen LogP) is 3.63. The van der Waals surface area contributed by atoms with Gasteiger partial charge >= 0.3 is 6.09 Å². The Balaban J connectivity index is 1.92. The maximum Gasteiger partial charge on any atom is 0.408 e. The van der Waals surface area contributed by atoms with E-state index in [-0.39, 0.29) is 35.5 Å². The van der Waals surface area contributed by atoms with Crippen LogP contribution < -0.4 is 20.7 Å². The molecule has 1 heterocycles. The van der Waals surface area contributed by atoms with Crippen LogP contribution in [-0.2, 0) is 25.7 Å². The topological polar surface area (TPSA) is 126 Å². The molecule has 3 N–H and O–H groups in total. The Bertz CT molecular complexity index is 994. The number of hydrogen-bond acceptors (Lipinski definition) is 6. The standard InChI is InChI=1S/C30H48N4O6/c1-19(2)17-24(32-29(38)40-30(5,6)7)28(37)34-15-13-22(14-16-34)26(35)33-25(20(3)4)27(36)31-18-21-9-11-23(39-8)12-10-21/h9-12,19-20,22,24-25H,13-18H2,1-8H3,(H,31,36)(H,32,38)(H,33,35)/t24-,25-/m0/s1. The van der Waals surface area contributed by atoms with Crippen molar-refractivity contribution in [3.8, 4) is 5.75 Å². The molecule has 10 heteroatoms. The van der Waals surface area contributed by atoms with Crippen molar-refractivity contribution in [1.82, 2.24) is 20.9 Å². The molecule has 1 aromatic rings. The van der Waals surface area contributed by atoms with Crippen molar-refractivity contribution in [2.75, 3.05) is 20.2 Å². The number of ether oxygens (including phenoxy) is 2. The Hall–Kier alpha value is -3.30. The summed E-state index contributed by atoms with van der Waals surface area (Å²) >= 11 is 0. The zero-order valence-corrected chi connectivity index (χ0v) is 25.3. The van der Waals surface area contributed by atoms with E-state index in [1.807, 2.05) is 52.0 Å². The second-order valence-electron chi connectivity index (χ2n) is 12.2. The van der Waals surface area contributed by atoms with E-state index in [0.29, 0.717) is 38.9 Å². The van der Waals surface area contributed by atoms with Gasteiger partial charge in [0, 0.05) is 25.6 Å². The first-order valence-electron chi connectivity index (χ1n) is 14.2. The molecule has 0 saturated carbocycles. The summed E-state index contributed by atoms with van der Waals surface area (Å²) in [4.78, 5) is 53.4. The van der Waals surface area contributed by atoms with E-state index in [1.165, 1.54) is 0 Å². The summed E-state index contributed by atoms with van der Waals surface area (Å²) < 4.78 is 10.5. The molecule has 0 aliphatic carbocycles. The maximum absolute atomic E-state index is 13.3. The molecular formula is C30H48N4O6. The maximum atomic E-state index is 13.3. The number of nitrogens with one attached hydrogen (secondary N) is 3. The minimum atomic E-state index is -0.694. The average molecular weight is 561 g/mol. The molecule has 2 rings (SSSR count). The summed E-state index contributed by atoms with van der Waals surface area (Å²) in [6.45, 7) is 14.2. The van der Waals surface area contributed by atoms with Crippen LogP contribution in [0.25, 0.3) is 0 Å². The van der Waals surface area contributed by atoms with Crippen LogP contribution in [-0.4, -0.2) is 66.6 Å². The molecule has 0 aromatic heterocycles. The third-order valence-electron chi connectivity index (χ3n) is 6.75. The number of carbonyl (C=O) groups is 4. The molecule has 0 unspecified atom stereocenters. The largest absolute Gasteiger partial charge is 0.497 e. The second kappa shape index (κ2) is 14.9. The number of nitrogens with zero attached hydrogens (tertiary/aromatic N) is 1. The van der Waals surface area contributed by atoms with Crippen LogP contribution in [0.3, 0.4) is 0 Å². The predicted molar refractivity (Wildman–Crippen MR) is 154 cm³/mol. The van der Waals surface area contributed by atoms with Crippen molar-refractivity contribution in [2.45, 2.75) is 92.0 Å². The average Bonchev–Trinajstić information content (AvgIpc) is 2.88. The van der Waals surface area contributed by atoms with Crippen LogP contribution in [0.15, 0.2) is 24.3 Å². The van der Waals surface area contributed by atoms with Crippen molar-refractivity contribution in [1.29, 1.82) is 0 Å². The summed E-state index contributed by atoms with van der Waals surface area (Å²) in [5.74, 6) is -0.0656. The normalized spacial score (nSPS) is 15.8. The molecule has 4 amide bonds. The van der Waals surface area contributed by atoms with Crippen LogP contribution in [0.4, 0.5) is 4.79 Å². The molecule has 0 radical (unpaired) electrons. The molecule has 40 heavy (non-hydrogen) atoms. The molecular weight excluding hydrogens is 512 g/mol. The first kappa shape index (κ1) is 32.9. The van der Waals surface area contributed by atoms with Gasteiger partial charge in [-0.25, -0.2) is 4.79 Å². The number of carbonyl (C=O) groups excluding carboxylic acids is 4. The van der Waals surface area contributed by atoms with Gasteiger partial charge in [0.05, 0.1) is 7.11 Å². The first-order valence-corrected chi connectivity index (χ1v) is 14.2. The SMILES string of the molecule is COc1ccc(CNC(=O)[C@@H](NC(=O)C2CCN(C(=O)[C@H](CC(C)C)NC(=O)OC(C)(C)C)CC2)C(C)C)cc1. The van der Waals surface area contributed by atoms with E-state index in [9.17, 15) is 19.2 Å². The van der Waals surface area contributed by atoms with E-state index in [4.69, 9.17) is 9.47 Å². The highest BCUT2D eigenvalue weighted by Crippen LogP contribution is 2.21. The van der Waals surface area contributed by atoms with Crippen LogP contribution in [0.5, 0.6) is 5.75 Å². The van der Waals surface area contributed by atoms with Gasteiger partial charge < -0.3 is 30.3 Å². The Morgan fingerprint density at radius 1 is 0.975 bits per heavy atom. The third kappa shape index (κ3) is 10.7. The van der Waals surface area contributed by atoms with Crippen LogP contribution >= 0.6 is 0 Å². The lowest BCUT2D eigenvalue weighted by Crippen LogP contribution is -2.54. The van der Waals surface area contributed by atoms with E-state index < -0.39 is 23.8 Å². The number of likely N-dealkylation sites (tertiary alicyclic amines) is 1. The molecule has 0 spiro atoms. The summed E-state index contributed by atoms with van der Waals surface area (Å²) in [7, 11) is 1.60. The van der Waals surface area contributed by atoms with Gasteiger partial charge in [0.1, 0.15) is 23.4 Å². The lowest BCUT2D eigenvalue weighted by molar-refractivity contribution is -0.138. The van der Waals surface area contributed by atoms with Crippen molar-refractivity contribution in [3.63, 3.8) is 0 Å². The van der Waals surface area contributed by atoms with Crippen molar-refractivity contribution in [3.05, 3.63) is 29.8 Å². The quantitative estimate of drug-likeness (QED) is 0.380. The smallest absolute Gasteiger partial charge is 0.408 e. The number of alkyl carbamates (subject to hydrolysis) is 1. The van der Waals surface area contributed by atoms with E-state index in [0.717, 1.165) is 11.3 Å². The van der Waals surface area contributed by atoms with Crippen molar-refractivity contribution < 1.29 is 28.7 Å². The molecule has 2 atom stereocenters. The number of rotatable bonds is 11. The zero-order chi connectivity index (χ0) is 30.0. The minimum Gasteiger partial charge on any atom is -0.497 e. The molecule has 1 saturated heterocycles. The Kier molecular flexibility index (Phi) is 12.3. The number of hydrogen-bond donors (Lipinski definition) is 3. The Morgan fingerprint density at radius 3 is 2.08 bits per heavy atom. The summed E-state index contributed by atoms with van der Waals surface area (Å²) in [5.41, 5.74) is 0.263. The second-order valence-corrected chi connectivity index (χ2v) is 12.2. The van der Waals surface area contributed by atoms with E-state index in [1.54, 1.807) is 32.8 Å². The lowest BCUT2D eigenvalue weighted by atomic mass is 9.93. The summed E-state index contributed by atoms with van der Waals surface area (Å²) in [6.07, 6.45) is 0.832. The molecule has 1 fully saturated rings. The highest BCUT2D eigenvalue weighted by molar-refractivity contribution is 5.89. The number of piperidine rings is 1. The molecule has 224 valence electrons. The molecule has 0 bridgehead atoms. The van der Waals surface area contributed by atoms with Crippen LogP contribution in [0.2, 0.25) is 0 Å². The fraction of sp³-hybridized carbons (Fsp3) is 0.667. The fourth-order valence-corrected chi connectivity index (χ4v) is 4.57. The molecule has 1 aromatic carbocycles. The van der Waals surface area contributed by atoms with Crippen molar-refractivity contribution >= 4 is 23.8 Å². The van der Waals surface area contributed by atoms with Gasteiger partial charge in [-0.1, -0.05) is 39.8 Å². The number of methoxy groups -OCH3 is 1. The zero-order valence-electron chi connectivity index (χ0n) is 25.3. The van der Waals surface area contributed by atoms with Gasteiger partial charge in [0.2, 0.25) is 17.7 Å². The van der Waals surface area contributed by atoms with E-state index >= 15 is 0 Å². The lowest BCUT2D eigenvalue weighted by Gasteiger charge is -2.35. The van der Waals surface area contributed by atoms with Gasteiger partial charge in [-0.3, -0.25) is 14.4 Å². The number of amides is 4. The highest BCUT2D eigenvalue weighted by Gasteiger charge is 2.34. The summed E-state index contributed by atoms with van der Waals surface area (Å²) in [6, 6.07) is 6.06. The highest BCUT2D eigenvalue weighted by atomic mass is 16.6. The minimum absolute atomic E-state index is 0.0998. The molecule has 1 aliphatic heterocycles. The van der Waals surface area contributed by atoms with Gasteiger partial charge in [0.25, 0.3) is 0 Å².